The van der Waals surface area contributed by atoms with Gasteiger partial charge in [0.1, 0.15) is 6.04 Å². The minimum atomic E-state index is -0.663. The average Bonchev–Trinajstić information content (AvgIpc) is 2.73. The van der Waals surface area contributed by atoms with E-state index in [1.54, 1.807) is 0 Å². The molecule has 0 spiro atoms. The zero-order valence-electron chi connectivity index (χ0n) is 15.6. The van der Waals surface area contributed by atoms with E-state index in [0.717, 1.165) is 24.3 Å². The quantitative estimate of drug-likeness (QED) is 0.759. The minimum absolute atomic E-state index is 0.402. The maximum absolute atomic E-state index is 12.6. The molecule has 1 aliphatic rings. The maximum atomic E-state index is 12.6. The van der Waals surface area contributed by atoms with Crippen LogP contribution >= 0.6 is 0 Å². The molecule has 2 aromatic rings. The van der Waals surface area contributed by atoms with Gasteiger partial charge in [0.05, 0.1) is 0 Å². The molecule has 0 radical (unpaired) electrons. The first-order chi connectivity index (χ1) is 13.2. The van der Waals surface area contributed by atoms with Gasteiger partial charge in [-0.25, -0.2) is 4.79 Å². The van der Waals surface area contributed by atoms with E-state index in [1.165, 1.54) is 32.0 Å². The van der Waals surface area contributed by atoms with Crippen LogP contribution in [0.5, 0.6) is 0 Å². The Morgan fingerprint density at radius 3 is 2.22 bits per heavy atom. The standard InChI is InChI=1S/C21H26N4O2/c1-22-21(27)24-20(26)19(16-8-4-2-5-9-16)23-17-10-12-18(13-11-17)25-14-6-3-7-15-25/h2,4-5,8-13,19,23H,3,6-7,14-15H2,1H3,(H2,22,24,26,27). The van der Waals surface area contributed by atoms with Crippen LogP contribution in [0.25, 0.3) is 0 Å². The van der Waals surface area contributed by atoms with Crippen LogP contribution in [0.3, 0.4) is 0 Å². The third-order valence-electron chi connectivity index (χ3n) is 4.76. The highest BCUT2D eigenvalue weighted by Gasteiger charge is 2.22. The number of benzene rings is 2. The lowest BCUT2D eigenvalue weighted by Gasteiger charge is -2.29. The van der Waals surface area contributed by atoms with E-state index in [1.807, 2.05) is 42.5 Å². The van der Waals surface area contributed by atoms with Crippen molar-refractivity contribution < 1.29 is 9.59 Å². The van der Waals surface area contributed by atoms with Crippen LogP contribution in [0.2, 0.25) is 0 Å². The summed E-state index contributed by atoms with van der Waals surface area (Å²) >= 11 is 0. The van der Waals surface area contributed by atoms with Crippen molar-refractivity contribution in [3.8, 4) is 0 Å². The molecule has 0 bridgehead atoms. The molecule has 6 nitrogen and oxygen atoms in total. The third kappa shape index (κ3) is 5.00. The summed E-state index contributed by atoms with van der Waals surface area (Å²) in [5, 5.41) is 8.00. The van der Waals surface area contributed by atoms with Crippen LogP contribution in [0.15, 0.2) is 54.6 Å². The van der Waals surface area contributed by atoms with E-state index in [2.05, 4.69) is 33.0 Å². The summed E-state index contributed by atoms with van der Waals surface area (Å²) in [5.41, 5.74) is 2.82. The number of rotatable bonds is 5. The number of hydrogen-bond acceptors (Lipinski definition) is 4. The molecule has 1 atom stereocenters. The van der Waals surface area contributed by atoms with Gasteiger partial charge in [0.15, 0.2) is 0 Å². The van der Waals surface area contributed by atoms with E-state index in [-0.39, 0.29) is 0 Å². The Hall–Kier alpha value is -3.02. The maximum Gasteiger partial charge on any atom is 0.321 e. The number of imide groups is 1. The topological polar surface area (TPSA) is 73.5 Å². The largest absolute Gasteiger partial charge is 0.372 e. The Bertz CT molecular complexity index is 756. The highest BCUT2D eigenvalue weighted by atomic mass is 16.2. The molecular weight excluding hydrogens is 340 g/mol. The van der Waals surface area contributed by atoms with Gasteiger partial charge in [-0.1, -0.05) is 30.3 Å². The summed E-state index contributed by atoms with van der Waals surface area (Å²) < 4.78 is 0. The van der Waals surface area contributed by atoms with Crippen molar-refractivity contribution in [3.05, 3.63) is 60.2 Å². The number of carbonyl (C=O) groups excluding carboxylic acids is 2. The molecule has 1 aliphatic heterocycles. The number of amides is 3. The van der Waals surface area contributed by atoms with Crippen LogP contribution in [-0.2, 0) is 4.79 Å². The second kappa shape index (κ2) is 9.07. The predicted molar refractivity (Wildman–Crippen MR) is 108 cm³/mol. The van der Waals surface area contributed by atoms with Gasteiger partial charge in [-0.15, -0.1) is 0 Å². The number of hydrogen-bond donors (Lipinski definition) is 3. The van der Waals surface area contributed by atoms with Gasteiger partial charge in [-0.05, 0) is 49.1 Å². The fourth-order valence-corrected chi connectivity index (χ4v) is 3.28. The second-order valence-corrected chi connectivity index (χ2v) is 6.65. The van der Waals surface area contributed by atoms with Gasteiger partial charge in [-0.3, -0.25) is 10.1 Å². The minimum Gasteiger partial charge on any atom is -0.372 e. The molecule has 0 saturated carbocycles. The molecule has 2 aromatic carbocycles. The van der Waals surface area contributed by atoms with Gasteiger partial charge in [0, 0.05) is 31.5 Å². The van der Waals surface area contributed by atoms with Crippen molar-refractivity contribution in [1.82, 2.24) is 10.6 Å². The Morgan fingerprint density at radius 1 is 0.926 bits per heavy atom. The van der Waals surface area contributed by atoms with Crippen molar-refractivity contribution in [1.29, 1.82) is 0 Å². The van der Waals surface area contributed by atoms with Gasteiger partial charge in [0.25, 0.3) is 5.91 Å². The first kappa shape index (κ1) is 18.8. The second-order valence-electron chi connectivity index (χ2n) is 6.65. The van der Waals surface area contributed by atoms with Crippen molar-refractivity contribution >= 4 is 23.3 Å². The lowest BCUT2D eigenvalue weighted by atomic mass is 10.1. The Morgan fingerprint density at radius 2 is 1.59 bits per heavy atom. The number of anilines is 2. The molecule has 0 aromatic heterocycles. The fraction of sp³-hybridized carbons (Fsp3) is 0.333. The Labute approximate surface area is 159 Å². The number of nitrogens with one attached hydrogen (secondary N) is 3. The molecule has 1 saturated heterocycles. The average molecular weight is 366 g/mol. The summed E-state index contributed by atoms with van der Waals surface area (Å²) in [6.07, 6.45) is 3.76. The number of urea groups is 1. The summed E-state index contributed by atoms with van der Waals surface area (Å²) in [6, 6.07) is 16.3. The van der Waals surface area contributed by atoms with E-state index >= 15 is 0 Å². The lowest BCUT2D eigenvalue weighted by molar-refractivity contribution is -0.120. The first-order valence-electron chi connectivity index (χ1n) is 9.36. The normalized spacial score (nSPS) is 14.9. The molecule has 0 aliphatic carbocycles. The van der Waals surface area contributed by atoms with Gasteiger partial charge in [0.2, 0.25) is 0 Å². The molecule has 27 heavy (non-hydrogen) atoms. The number of carbonyl (C=O) groups is 2. The summed E-state index contributed by atoms with van der Waals surface area (Å²) in [7, 11) is 1.48. The molecule has 3 amide bonds. The SMILES string of the molecule is CNC(=O)NC(=O)C(Nc1ccc(N2CCCCC2)cc1)c1ccccc1. The summed E-state index contributed by atoms with van der Waals surface area (Å²) in [6.45, 7) is 2.18. The van der Waals surface area contributed by atoms with Gasteiger partial charge < -0.3 is 15.5 Å². The van der Waals surface area contributed by atoms with E-state index in [4.69, 9.17) is 0 Å². The van der Waals surface area contributed by atoms with Crippen molar-refractivity contribution in [2.24, 2.45) is 0 Å². The van der Waals surface area contributed by atoms with Crippen LogP contribution in [0.4, 0.5) is 16.2 Å². The zero-order valence-corrected chi connectivity index (χ0v) is 15.6. The smallest absolute Gasteiger partial charge is 0.321 e. The van der Waals surface area contributed by atoms with Crippen LogP contribution in [0, 0.1) is 0 Å². The monoisotopic (exact) mass is 366 g/mol. The van der Waals surface area contributed by atoms with E-state index < -0.39 is 18.0 Å². The van der Waals surface area contributed by atoms with E-state index in [9.17, 15) is 9.59 Å². The van der Waals surface area contributed by atoms with Crippen molar-refractivity contribution in [3.63, 3.8) is 0 Å². The van der Waals surface area contributed by atoms with Crippen molar-refractivity contribution in [2.75, 3.05) is 30.4 Å². The zero-order chi connectivity index (χ0) is 19.1. The molecule has 3 rings (SSSR count). The summed E-state index contributed by atoms with van der Waals surface area (Å²) in [4.78, 5) is 26.5. The molecular formula is C21H26N4O2. The number of piperidine rings is 1. The van der Waals surface area contributed by atoms with E-state index in [0.29, 0.717) is 0 Å². The lowest BCUT2D eigenvalue weighted by Crippen LogP contribution is -2.42. The molecule has 3 N–H and O–H groups in total. The third-order valence-corrected chi connectivity index (χ3v) is 4.76. The molecule has 1 unspecified atom stereocenters. The summed E-state index contributed by atoms with van der Waals surface area (Å²) in [5.74, 6) is -0.402. The molecule has 1 fully saturated rings. The highest BCUT2D eigenvalue weighted by molar-refractivity contribution is 5.98. The van der Waals surface area contributed by atoms with Gasteiger partial charge in [-0.2, -0.15) is 0 Å². The van der Waals surface area contributed by atoms with Crippen LogP contribution in [-0.4, -0.2) is 32.1 Å². The van der Waals surface area contributed by atoms with Crippen LogP contribution in [0.1, 0.15) is 30.9 Å². The number of nitrogens with zero attached hydrogens (tertiary/aromatic N) is 1. The Kier molecular flexibility index (Phi) is 6.30. The highest BCUT2D eigenvalue weighted by Crippen LogP contribution is 2.24. The van der Waals surface area contributed by atoms with Gasteiger partial charge >= 0.3 is 6.03 Å². The predicted octanol–water partition coefficient (Wildman–Crippen LogP) is 3.29. The first-order valence-corrected chi connectivity index (χ1v) is 9.36. The van der Waals surface area contributed by atoms with Crippen LogP contribution < -0.4 is 20.9 Å². The molecule has 6 heteroatoms. The van der Waals surface area contributed by atoms with Crippen molar-refractivity contribution in [2.45, 2.75) is 25.3 Å². The molecule has 1 heterocycles. The Balaban J connectivity index is 1.75. The molecule has 142 valence electrons. The fourth-order valence-electron chi connectivity index (χ4n) is 3.28.